The van der Waals surface area contributed by atoms with Crippen LogP contribution in [0.15, 0.2) is 29.8 Å². The highest BCUT2D eigenvalue weighted by atomic mass is 32.1. The van der Waals surface area contributed by atoms with E-state index in [0.717, 1.165) is 11.1 Å². The van der Waals surface area contributed by atoms with Crippen LogP contribution in [0, 0.1) is 17.0 Å². The molecule has 0 aliphatic carbocycles. The smallest absolute Gasteiger partial charge is 0.393 e. The molecule has 0 fully saturated rings. The molecular formula is C15H15N3O3S. The van der Waals surface area contributed by atoms with E-state index in [0.29, 0.717) is 16.6 Å². The molecule has 0 saturated carbocycles. The van der Waals surface area contributed by atoms with E-state index in [1.807, 2.05) is 25.1 Å². The lowest BCUT2D eigenvalue weighted by molar-refractivity contribution is -0.391. The molecule has 22 heavy (non-hydrogen) atoms. The van der Waals surface area contributed by atoms with E-state index in [4.69, 9.17) is 4.74 Å². The number of ether oxygens (including phenoxy) is 1. The zero-order valence-electron chi connectivity index (χ0n) is 12.4. The molecular weight excluding hydrogens is 302 g/mol. The first kappa shape index (κ1) is 14.5. The highest BCUT2D eigenvalue weighted by molar-refractivity contribution is 7.15. The topological polar surface area (TPSA) is 69.7 Å². The summed E-state index contributed by atoms with van der Waals surface area (Å²) in [5, 5.41) is 13.1. The second-order valence-electron chi connectivity index (χ2n) is 5.33. The van der Waals surface area contributed by atoms with Crippen molar-refractivity contribution >= 4 is 22.1 Å². The molecule has 0 unspecified atom stereocenters. The van der Waals surface area contributed by atoms with Gasteiger partial charge in [0.2, 0.25) is 0 Å². The van der Waals surface area contributed by atoms with Gasteiger partial charge < -0.3 is 14.9 Å². The Morgan fingerprint density at radius 2 is 2.18 bits per heavy atom. The van der Waals surface area contributed by atoms with Gasteiger partial charge in [-0.3, -0.25) is 0 Å². The molecule has 114 valence electrons. The molecule has 2 heterocycles. The van der Waals surface area contributed by atoms with Gasteiger partial charge in [-0.25, -0.2) is 0 Å². The molecule has 2 aromatic heterocycles. The number of aromatic nitrogens is 2. The van der Waals surface area contributed by atoms with Crippen molar-refractivity contribution < 1.29 is 9.66 Å². The number of aryl methyl sites for hydroxylation is 1. The first-order chi connectivity index (χ1) is 10.5. The zero-order valence-corrected chi connectivity index (χ0v) is 13.3. The summed E-state index contributed by atoms with van der Waals surface area (Å²) < 4.78 is 7.20. The Kier molecular flexibility index (Phi) is 3.58. The second kappa shape index (κ2) is 5.42. The van der Waals surface area contributed by atoms with Crippen LogP contribution in [0.5, 0.6) is 11.6 Å². The van der Waals surface area contributed by atoms with Gasteiger partial charge in [-0.1, -0.05) is 37.3 Å². The number of hydrogen-bond acceptors (Lipinski definition) is 5. The van der Waals surface area contributed by atoms with Gasteiger partial charge in [0.05, 0.1) is 0 Å². The molecule has 0 radical (unpaired) electrons. The largest absolute Gasteiger partial charge is 0.432 e. The van der Waals surface area contributed by atoms with E-state index < -0.39 is 4.92 Å². The van der Waals surface area contributed by atoms with Gasteiger partial charge in [0.25, 0.3) is 4.96 Å². The molecule has 0 aliphatic rings. The predicted octanol–water partition coefficient (Wildman–Crippen LogP) is 4.53. The Balaban J connectivity index is 2.06. The maximum Gasteiger partial charge on any atom is 0.393 e. The number of benzene rings is 1. The van der Waals surface area contributed by atoms with Crippen LogP contribution in [-0.2, 0) is 0 Å². The van der Waals surface area contributed by atoms with Gasteiger partial charge in [0, 0.05) is 5.38 Å². The van der Waals surface area contributed by atoms with Gasteiger partial charge in [-0.15, -0.1) is 0 Å². The predicted molar refractivity (Wildman–Crippen MR) is 85.1 cm³/mol. The third-order valence-corrected chi connectivity index (χ3v) is 4.22. The molecule has 0 atom stereocenters. The average Bonchev–Trinajstić information content (AvgIpc) is 3.00. The summed E-state index contributed by atoms with van der Waals surface area (Å²) in [6.45, 7) is 6.08. The lowest BCUT2D eigenvalue weighted by Crippen LogP contribution is -1.97. The van der Waals surface area contributed by atoms with E-state index in [1.54, 1.807) is 11.6 Å². The maximum atomic E-state index is 11.3. The van der Waals surface area contributed by atoms with E-state index >= 15 is 0 Å². The van der Waals surface area contributed by atoms with Crippen LogP contribution in [0.3, 0.4) is 0 Å². The minimum Gasteiger partial charge on any atom is -0.432 e. The van der Waals surface area contributed by atoms with Gasteiger partial charge >= 0.3 is 11.7 Å². The van der Waals surface area contributed by atoms with Crippen LogP contribution in [0.1, 0.15) is 30.9 Å². The van der Waals surface area contributed by atoms with Crippen molar-refractivity contribution in [2.75, 3.05) is 0 Å². The number of rotatable bonds is 4. The minimum absolute atomic E-state index is 0.0286. The standard InChI is InChI=1S/C15H15N3O3S/c1-9(2)11-5-4-10(3)12(8-11)21-13-14(18(19)20)17-6-7-22-15(17)16-13/h4-9H,1-3H3. The average molecular weight is 317 g/mol. The van der Waals surface area contributed by atoms with E-state index in [-0.39, 0.29) is 11.7 Å². The Hall–Kier alpha value is -2.41. The fraction of sp³-hybridized carbons (Fsp3) is 0.267. The summed E-state index contributed by atoms with van der Waals surface area (Å²) in [5.41, 5.74) is 2.03. The Morgan fingerprint density at radius 1 is 1.41 bits per heavy atom. The van der Waals surface area contributed by atoms with Crippen molar-refractivity contribution in [1.29, 1.82) is 0 Å². The van der Waals surface area contributed by atoms with Crippen molar-refractivity contribution in [3.05, 3.63) is 51.0 Å². The lowest BCUT2D eigenvalue weighted by Gasteiger charge is -2.11. The highest BCUT2D eigenvalue weighted by Gasteiger charge is 2.26. The summed E-state index contributed by atoms with van der Waals surface area (Å²) in [7, 11) is 0. The van der Waals surface area contributed by atoms with Crippen LogP contribution >= 0.6 is 11.3 Å². The van der Waals surface area contributed by atoms with Crippen LogP contribution < -0.4 is 4.74 Å². The molecule has 0 spiro atoms. The van der Waals surface area contributed by atoms with E-state index in [1.165, 1.54) is 15.7 Å². The Morgan fingerprint density at radius 3 is 2.86 bits per heavy atom. The first-order valence-electron chi connectivity index (χ1n) is 6.85. The van der Waals surface area contributed by atoms with Crippen LogP contribution in [0.25, 0.3) is 4.96 Å². The van der Waals surface area contributed by atoms with Crippen LogP contribution in [-0.4, -0.2) is 14.3 Å². The van der Waals surface area contributed by atoms with Crippen molar-refractivity contribution in [2.45, 2.75) is 26.7 Å². The molecule has 7 heteroatoms. The van der Waals surface area contributed by atoms with E-state index in [2.05, 4.69) is 18.8 Å². The molecule has 3 rings (SSSR count). The number of imidazole rings is 1. The van der Waals surface area contributed by atoms with Gasteiger partial charge in [0.1, 0.15) is 11.9 Å². The third kappa shape index (κ3) is 2.43. The molecule has 0 saturated heterocycles. The fourth-order valence-electron chi connectivity index (χ4n) is 2.18. The highest BCUT2D eigenvalue weighted by Crippen LogP contribution is 2.35. The second-order valence-corrected chi connectivity index (χ2v) is 6.21. The van der Waals surface area contributed by atoms with Crippen molar-refractivity contribution in [3.63, 3.8) is 0 Å². The molecule has 0 N–H and O–H groups in total. The summed E-state index contributed by atoms with van der Waals surface area (Å²) in [4.78, 5) is 15.6. The third-order valence-electron chi connectivity index (χ3n) is 3.46. The lowest BCUT2D eigenvalue weighted by atomic mass is 10.0. The van der Waals surface area contributed by atoms with Crippen LogP contribution in [0.2, 0.25) is 0 Å². The quantitative estimate of drug-likeness (QED) is 0.523. The first-order valence-corrected chi connectivity index (χ1v) is 7.73. The Bertz CT molecular complexity index is 851. The number of nitro groups is 1. The molecule has 6 nitrogen and oxygen atoms in total. The molecule has 0 aliphatic heterocycles. The number of hydrogen-bond donors (Lipinski definition) is 0. The molecule has 0 bridgehead atoms. The zero-order chi connectivity index (χ0) is 15.9. The van der Waals surface area contributed by atoms with Crippen molar-refractivity contribution in [1.82, 2.24) is 9.38 Å². The number of nitrogens with zero attached hydrogens (tertiary/aromatic N) is 3. The van der Waals surface area contributed by atoms with Crippen molar-refractivity contribution in [3.8, 4) is 11.6 Å². The summed E-state index contributed by atoms with van der Waals surface area (Å²) in [6.07, 6.45) is 1.62. The van der Waals surface area contributed by atoms with Gasteiger partial charge in [-0.2, -0.15) is 9.38 Å². The summed E-state index contributed by atoms with van der Waals surface area (Å²) in [5.74, 6) is 0.829. The summed E-state index contributed by atoms with van der Waals surface area (Å²) in [6, 6.07) is 5.90. The number of fused-ring (bicyclic) bond motifs is 1. The Labute approximate surface area is 131 Å². The van der Waals surface area contributed by atoms with Gasteiger partial charge in [0.15, 0.2) is 0 Å². The van der Waals surface area contributed by atoms with E-state index in [9.17, 15) is 10.1 Å². The molecule has 0 amide bonds. The van der Waals surface area contributed by atoms with Crippen molar-refractivity contribution in [2.24, 2.45) is 0 Å². The summed E-state index contributed by atoms with van der Waals surface area (Å²) >= 11 is 1.33. The minimum atomic E-state index is -0.469. The molecule has 1 aromatic carbocycles. The van der Waals surface area contributed by atoms with Gasteiger partial charge in [-0.05, 0) is 35.0 Å². The number of thiazole rings is 1. The monoisotopic (exact) mass is 317 g/mol. The van der Waals surface area contributed by atoms with Crippen LogP contribution in [0.4, 0.5) is 5.82 Å². The fourth-order valence-corrected chi connectivity index (χ4v) is 2.88. The maximum absolute atomic E-state index is 11.3. The normalized spacial score (nSPS) is 11.3. The SMILES string of the molecule is Cc1ccc(C(C)C)cc1Oc1nc2sccn2c1[N+](=O)[O-]. The molecule has 3 aromatic rings.